The van der Waals surface area contributed by atoms with Gasteiger partial charge >= 0.3 is 0 Å². The molecule has 2 nitrogen and oxygen atoms in total. The van der Waals surface area contributed by atoms with Crippen LogP contribution >= 0.6 is 0 Å². The molecule has 2 heteroatoms. The van der Waals surface area contributed by atoms with Gasteiger partial charge in [0.25, 0.3) is 0 Å². The number of rotatable bonds is 3. The van der Waals surface area contributed by atoms with Gasteiger partial charge in [-0.1, -0.05) is 43.7 Å². The van der Waals surface area contributed by atoms with Crippen LogP contribution in [0.1, 0.15) is 25.0 Å². The van der Waals surface area contributed by atoms with Gasteiger partial charge in [-0.3, -0.25) is 0 Å². The lowest BCUT2D eigenvalue weighted by atomic mass is 10.2. The lowest BCUT2D eigenvalue weighted by Gasteiger charge is -2.07. The predicted octanol–water partition coefficient (Wildman–Crippen LogP) is 4.34. The van der Waals surface area contributed by atoms with Crippen LogP contribution in [0.25, 0.3) is 0 Å². The van der Waals surface area contributed by atoms with Crippen LogP contribution in [0.15, 0.2) is 48.5 Å². The molecule has 0 aliphatic carbocycles. The van der Waals surface area contributed by atoms with E-state index in [1.54, 1.807) is 12.1 Å². The molecular formula is C16H21NO. The second kappa shape index (κ2) is 7.38. The fourth-order valence-corrected chi connectivity index (χ4v) is 1.54. The van der Waals surface area contributed by atoms with Crippen molar-refractivity contribution in [1.82, 2.24) is 0 Å². The third-order valence-corrected chi connectivity index (χ3v) is 2.46. The first kappa shape index (κ1) is 14.1. The van der Waals surface area contributed by atoms with Gasteiger partial charge in [-0.2, -0.15) is 0 Å². The van der Waals surface area contributed by atoms with E-state index in [1.165, 1.54) is 5.56 Å². The van der Waals surface area contributed by atoms with Gasteiger partial charge in [0, 0.05) is 12.2 Å². The fourth-order valence-electron chi connectivity index (χ4n) is 1.54. The average Bonchev–Trinajstić information content (AvgIpc) is 2.41. The lowest BCUT2D eigenvalue weighted by molar-refractivity contribution is 0.474. The zero-order chi connectivity index (χ0) is 13.4. The van der Waals surface area contributed by atoms with Gasteiger partial charge in [-0.25, -0.2) is 0 Å². The molecule has 18 heavy (non-hydrogen) atoms. The molecule has 0 spiro atoms. The molecule has 0 atom stereocenters. The number of phenolic OH excluding ortho intramolecular Hbond substituents is 1. The van der Waals surface area contributed by atoms with Crippen molar-refractivity contribution in [2.24, 2.45) is 0 Å². The van der Waals surface area contributed by atoms with Crippen LogP contribution in [0, 0.1) is 6.92 Å². The smallest absolute Gasteiger partial charge is 0.115 e. The Morgan fingerprint density at radius 1 is 1.00 bits per heavy atom. The summed E-state index contributed by atoms with van der Waals surface area (Å²) in [5, 5.41) is 12.6. The number of aromatic hydroxyl groups is 1. The van der Waals surface area contributed by atoms with E-state index in [4.69, 9.17) is 0 Å². The molecule has 0 aliphatic heterocycles. The first-order valence-electron chi connectivity index (χ1n) is 6.32. The van der Waals surface area contributed by atoms with Gasteiger partial charge in [0.2, 0.25) is 0 Å². The lowest BCUT2D eigenvalue weighted by Crippen LogP contribution is -1.98. The van der Waals surface area contributed by atoms with Gasteiger partial charge in [-0.15, -0.1) is 0 Å². The fraction of sp³-hybridized carbons (Fsp3) is 0.250. The second-order valence-electron chi connectivity index (χ2n) is 3.89. The normalized spacial score (nSPS) is 9.28. The van der Waals surface area contributed by atoms with Crippen molar-refractivity contribution in [3.8, 4) is 5.75 Å². The Kier molecular flexibility index (Phi) is 5.78. The van der Waals surface area contributed by atoms with E-state index >= 15 is 0 Å². The number of anilines is 1. The number of hydrogen-bond acceptors (Lipinski definition) is 2. The van der Waals surface area contributed by atoms with Crippen molar-refractivity contribution in [3.63, 3.8) is 0 Å². The largest absolute Gasteiger partial charge is 0.508 e. The summed E-state index contributed by atoms with van der Waals surface area (Å²) >= 11 is 0. The van der Waals surface area contributed by atoms with Gasteiger partial charge < -0.3 is 10.4 Å². The molecule has 96 valence electrons. The standard InChI is InChI=1S/C14H15NO.C2H6/c1-11-5-7-13(8-6-11)15-10-12-3-2-4-14(16)9-12;1-2/h2-9,15-16H,10H2,1H3;1-2H3. The number of phenols is 1. The van der Waals surface area contributed by atoms with Gasteiger partial charge in [0.05, 0.1) is 0 Å². The molecule has 0 saturated heterocycles. The third kappa shape index (κ3) is 4.50. The van der Waals surface area contributed by atoms with E-state index in [1.807, 2.05) is 26.0 Å². The highest BCUT2D eigenvalue weighted by Gasteiger charge is 1.95. The predicted molar refractivity (Wildman–Crippen MR) is 78.0 cm³/mol. The Balaban J connectivity index is 0.000000771. The van der Waals surface area contributed by atoms with Crippen molar-refractivity contribution < 1.29 is 5.11 Å². The molecule has 0 aliphatic rings. The van der Waals surface area contributed by atoms with Crippen LogP contribution < -0.4 is 5.32 Å². The molecule has 0 radical (unpaired) electrons. The highest BCUT2D eigenvalue weighted by atomic mass is 16.3. The second-order valence-corrected chi connectivity index (χ2v) is 3.89. The maximum absolute atomic E-state index is 9.32. The minimum absolute atomic E-state index is 0.309. The molecule has 0 amide bonds. The minimum Gasteiger partial charge on any atom is -0.508 e. The average molecular weight is 243 g/mol. The Morgan fingerprint density at radius 2 is 1.67 bits per heavy atom. The van der Waals surface area contributed by atoms with Crippen molar-refractivity contribution >= 4 is 5.69 Å². The third-order valence-electron chi connectivity index (χ3n) is 2.46. The van der Waals surface area contributed by atoms with E-state index in [0.717, 1.165) is 17.8 Å². The molecule has 0 bridgehead atoms. The van der Waals surface area contributed by atoms with Crippen LogP contribution in [-0.4, -0.2) is 5.11 Å². The molecule has 2 aromatic carbocycles. The van der Waals surface area contributed by atoms with Crippen molar-refractivity contribution in [3.05, 3.63) is 59.7 Å². The summed E-state index contributed by atoms with van der Waals surface area (Å²) in [5.74, 6) is 0.309. The molecule has 0 fully saturated rings. The SMILES string of the molecule is CC.Cc1ccc(NCc2cccc(O)c2)cc1. The zero-order valence-corrected chi connectivity index (χ0v) is 11.3. The molecule has 0 unspecified atom stereocenters. The van der Waals surface area contributed by atoms with Crippen molar-refractivity contribution in [1.29, 1.82) is 0 Å². The van der Waals surface area contributed by atoms with E-state index in [-0.39, 0.29) is 0 Å². The van der Waals surface area contributed by atoms with Crippen LogP contribution in [0.2, 0.25) is 0 Å². The van der Waals surface area contributed by atoms with Crippen LogP contribution in [0.3, 0.4) is 0 Å². The van der Waals surface area contributed by atoms with Gasteiger partial charge in [-0.05, 0) is 36.8 Å². The Hall–Kier alpha value is -1.96. The molecule has 2 N–H and O–H groups in total. The maximum atomic E-state index is 9.32. The number of benzene rings is 2. The van der Waals surface area contributed by atoms with Gasteiger partial charge in [0.15, 0.2) is 0 Å². The van der Waals surface area contributed by atoms with Crippen LogP contribution in [0.4, 0.5) is 5.69 Å². The summed E-state index contributed by atoms with van der Waals surface area (Å²) < 4.78 is 0. The first-order chi connectivity index (χ1) is 8.74. The quantitative estimate of drug-likeness (QED) is 0.840. The monoisotopic (exact) mass is 243 g/mol. The van der Waals surface area contributed by atoms with Crippen molar-refractivity contribution in [2.75, 3.05) is 5.32 Å². The molecule has 0 aromatic heterocycles. The Labute approximate surface area is 109 Å². The highest BCUT2D eigenvalue weighted by Crippen LogP contribution is 2.14. The molecular weight excluding hydrogens is 222 g/mol. The number of hydrogen-bond donors (Lipinski definition) is 2. The van der Waals surface area contributed by atoms with E-state index < -0.39 is 0 Å². The highest BCUT2D eigenvalue weighted by molar-refractivity contribution is 5.45. The van der Waals surface area contributed by atoms with E-state index in [9.17, 15) is 5.11 Å². The first-order valence-corrected chi connectivity index (χ1v) is 6.32. The maximum Gasteiger partial charge on any atom is 0.115 e. The van der Waals surface area contributed by atoms with Gasteiger partial charge in [0.1, 0.15) is 5.75 Å². The summed E-state index contributed by atoms with van der Waals surface area (Å²) in [6, 6.07) is 15.5. The summed E-state index contributed by atoms with van der Waals surface area (Å²) in [4.78, 5) is 0. The summed E-state index contributed by atoms with van der Waals surface area (Å²) in [7, 11) is 0. The summed E-state index contributed by atoms with van der Waals surface area (Å²) in [5.41, 5.74) is 3.41. The van der Waals surface area contributed by atoms with E-state index in [0.29, 0.717) is 5.75 Å². The van der Waals surface area contributed by atoms with Crippen LogP contribution in [0.5, 0.6) is 5.75 Å². The summed E-state index contributed by atoms with van der Waals surface area (Å²) in [6.07, 6.45) is 0. The number of nitrogens with one attached hydrogen (secondary N) is 1. The molecule has 2 rings (SSSR count). The Bertz CT molecular complexity index is 463. The van der Waals surface area contributed by atoms with Crippen LogP contribution in [-0.2, 0) is 6.54 Å². The van der Waals surface area contributed by atoms with E-state index in [2.05, 4.69) is 36.5 Å². The molecule has 0 heterocycles. The molecule has 2 aromatic rings. The molecule has 0 saturated carbocycles. The number of aryl methyl sites for hydroxylation is 1. The summed E-state index contributed by atoms with van der Waals surface area (Å²) in [6.45, 7) is 6.79. The Morgan fingerprint density at radius 3 is 2.28 bits per heavy atom. The van der Waals surface area contributed by atoms with Crippen molar-refractivity contribution in [2.45, 2.75) is 27.3 Å². The minimum atomic E-state index is 0.309. The topological polar surface area (TPSA) is 32.3 Å². The zero-order valence-electron chi connectivity index (χ0n) is 11.3.